The van der Waals surface area contributed by atoms with Crippen LogP contribution in [0.25, 0.3) is 0 Å². The average Bonchev–Trinajstić information content (AvgIpc) is 2.63. The molecule has 4 nitrogen and oxygen atoms in total. The minimum atomic E-state index is 0.0198. The van der Waals surface area contributed by atoms with Gasteiger partial charge in [0.1, 0.15) is 12.1 Å². The van der Waals surface area contributed by atoms with Crippen molar-refractivity contribution in [1.29, 1.82) is 5.26 Å². The molecule has 0 amide bonds. The summed E-state index contributed by atoms with van der Waals surface area (Å²) in [4.78, 5) is 10.9. The van der Waals surface area contributed by atoms with Crippen LogP contribution < -0.4 is 4.90 Å². The van der Waals surface area contributed by atoms with Gasteiger partial charge in [-0.05, 0) is 32.6 Å². The zero-order valence-corrected chi connectivity index (χ0v) is 11.2. The van der Waals surface area contributed by atoms with Crippen LogP contribution in [0.15, 0.2) is 6.33 Å². The van der Waals surface area contributed by atoms with Crippen LogP contribution in [-0.2, 0) is 12.8 Å². The van der Waals surface area contributed by atoms with Gasteiger partial charge in [-0.1, -0.05) is 6.42 Å². The predicted molar refractivity (Wildman–Crippen MR) is 71.3 cm³/mol. The molecule has 0 aromatic carbocycles. The van der Waals surface area contributed by atoms with Gasteiger partial charge in [0.25, 0.3) is 0 Å². The van der Waals surface area contributed by atoms with E-state index in [-0.39, 0.29) is 5.92 Å². The first-order valence-corrected chi connectivity index (χ1v) is 6.66. The molecule has 0 spiro atoms. The highest BCUT2D eigenvalue weighted by molar-refractivity contribution is 5.48. The van der Waals surface area contributed by atoms with Crippen molar-refractivity contribution >= 4 is 5.82 Å². The van der Waals surface area contributed by atoms with Crippen LogP contribution in [0.4, 0.5) is 5.82 Å². The van der Waals surface area contributed by atoms with E-state index in [9.17, 15) is 0 Å². The van der Waals surface area contributed by atoms with Crippen LogP contribution in [0.3, 0.4) is 0 Å². The Morgan fingerprint density at radius 1 is 1.33 bits per heavy atom. The lowest BCUT2D eigenvalue weighted by Crippen LogP contribution is -2.26. The first-order valence-electron chi connectivity index (χ1n) is 6.66. The first-order chi connectivity index (χ1) is 8.72. The second-order valence-electron chi connectivity index (χ2n) is 5.09. The Bertz CT molecular complexity index is 450. The number of aromatic nitrogens is 2. The summed E-state index contributed by atoms with van der Waals surface area (Å²) in [6.45, 7) is 2.66. The van der Waals surface area contributed by atoms with Gasteiger partial charge in [0.15, 0.2) is 0 Å². The summed E-state index contributed by atoms with van der Waals surface area (Å²) in [6.07, 6.45) is 7.50. The number of nitrogens with zero attached hydrogens (tertiary/aromatic N) is 4. The third kappa shape index (κ3) is 2.79. The van der Waals surface area contributed by atoms with Gasteiger partial charge in [-0.2, -0.15) is 5.26 Å². The molecule has 1 heterocycles. The van der Waals surface area contributed by atoms with Crippen LogP contribution in [0.2, 0.25) is 0 Å². The highest BCUT2D eigenvalue weighted by Gasteiger charge is 2.17. The lowest BCUT2D eigenvalue weighted by Gasteiger charge is -2.22. The molecule has 1 aromatic rings. The largest absolute Gasteiger partial charge is 0.358 e. The summed E-state index contributed by atoms with van der Waals surface area (Å²) in [5.41, 5.74) is 2.50. The highest BCUT2D eigenvalue weighted by Crippen LogP contribution is 2.26. The Hall–Kier alpha value is -1.63. The van der Waals surface area contributed by atoms with Gasteiger partial charge < -0.3 is 4.90 Å². The summed E-state index contributed by atoms with van der Waals surface area (Å²) >= 11 is 0. The zero-order valence-electron chi connectivity index (χ0n) is 11.2. The molecule has 2 rings (SSSR count). The quantitative estimate of drug-likeness (QED) is 0.766. The van der Waals surface area contributed by atoms with Gasteiger partial charge in [0, 0.05) is 24.8 Å². The van der Waals surface area contributed by atoms with Gasteiger partial charge in [-0.3, -0.25) is 0 Å². The third-order valence-corrected chi connectivity index (χ3v) is 3.48. The number of hydrogen-bond donors (Lipinski definition) is 0. The van der Waals surface area contributed by atoms with Crippen LogP contribution in [-0.4, -0.2) is 23.6 Å². The fourth-order valence-corrected chi connectivity index (χ4v) is 2.55. The summed E-state index contributed by atoms with van der Waals surface area (Å²) in [7, 11) is 2.02. The monoisotopic (exact) mass is 244 g/mol. The van der Waals surface area contributed by atoms with Gasteiger partial charge in [0.2, 0.25) is 0 Å². The Morgan fingerprint density at radius 3 is 2.89 bits per heavy atom. The Kier molecular flexibility index (Phi) is 4.14. The molecular weight excluding hydrogens is 224 g/mol. The molecule has 0 saturated heterocycles. The van der Waals surface area contributed by atoms with Crippen LogP contribution in [0.1, 0.15) is 37.4 Å². The van der Waals surface area contributed by atoms with Crippen LogP contribution in [0.5, 0.6) is 0 Å². The highest BCUT2D eigenvalue weighted by atomic mass is 15.2. The standard InChI is InChI=1S/C14H20N4/c1-11(8-15)9-18(2)14-12-6-4-3-5-7-13(12)16-10-17-14/h10-11H,3-7,9H2,1-2H3. The van der Waals surface area contributed by atoms with Crippen LogP contribution >= 0.6 is 0 Å². The Balaban J connectivity index is 2.25. The number of rotatable bonds is 3. The number of aryl methyl sites for hydroxylation is 1. The van der Waals surface area contributed by atoms with Crippen molar-refractivity contribution in [1.82, 2.24) is 9.97 Å². The summed E-state index contributed by atoms with van der Waals surface area (Å²) < 4.78 is 0. The lowest BCUT2D eigenvalue weighted by atomic mass is 10.1. The maximum Gasteiger partial charge on any atom is 0.135 e. The second kappa shape index (κ2) is 5.81. The van der Waals surface area contributed by atoms with Gasteiger partial charge in [0.05, 0.1) is 12.0 Å². The molecule has 4 heteroatoms. The van der Waals surface area contributed by atoms with Crippen molar-refractivity contribution in [2.24, 2.45) is 5.92 Å². The SMILES string of the molecule is CC(C#N)CN(C)c1ncnc2c1CCCCC2. The number of fused-ring (bicyclic) bond motifs is 1. The van der Waals surface area contributed by atoms with Crippen molar-refractivity contribution in [3.05, 3.63) is 17.6 Å². The molecule has 1 aliphatic rings. The molecule has 18 heavy (non-hydrogen) atoms. The smallest absolute Gasteiger partial charge is 0.135 e. The van der Waals surface area contributed by atoms with E-state index in [1.807, 2.05) is 14.0 Å². The molecule has 0 saturated carbocycles. The van der Waals surface area contributed by atoms with Gasteiger partial charge in [-0.15, -0.1) is 0 Å². The fourth-order valence-electron chi connectivity index (χ4n) is 2.55. The van der Waals surface area contributed by atoms with Crippen molar-refractivity contribution in [2.75, 3.05) is 18.5 Å². The minimum Gasteiger partial charge on any atom is -0.358 e. The van der Waals surface area contributed by atoms with E-state index < -0.39 is 0 Å². The van der Waals surface area contributed by atoms with Crippen molar-refractivity contribution in [2.45, 2.75) is 39.0 Å². The van der Waals surface area contributed by atoms with E-state index in [4.69, 9.17) is 5.26 Å². The molecule has 1 atom stereocenters. The zero-order chi connectivity index (χ0) is 13.0. The second-order valence-corrected chi connectivity index (χ2v) is 5.09. The van der Waals surface area contributed by atoms with Crippen molar-refractivity contribution in [3.8, 4) is 6.07 Å². The molecule has 0 bridgehead atoms. The van der Waals surface area contributed by atoms with Gasteiger partial charge >= 0.3 is 0 Å². The van der Waals surface area contributed by atoms with Crippen molar-refractivity contribution < 1.29 is 0 Å². The molecule has 1 unspecified atom stereocenters. The van der Waals surface area contributed by atoms with E-state index in [1.54, 1.807) is 6.33 Å². The maximum atomic E-state index is 8.90. The molecule has 0 aliphatic heterocycles. The average molecular weight is 244 g/mol. The van der Waals surface area contributed by atoms with E-state index in [0.29, 0.717) is 0 Å². The maximum absolute atomic E-state index is 8.90. The van der Waals surface area contributed by atoms with E-state index >= 15 is 0 Å². The van der Waals surface area contributed by atoms with E-state index in [0.717, 1.165) is 25.2 Å². The molecule has 0 radical (unpaired) electrons. The molecule has 1 aliphatic carbocycles. The summed E-state index contributed by atoms with van der Waals surface area (Å²) in [5, 5.41) is 8.90. The molecule has 0 N–H and O–H groups in total. The van der Waals surface area contributed by atoms with Gasteiger partial charge in [-0.25, -0.2) is 9.97 Å². The van der Waals surface area contributed by atoms with E-state index in [1.165, 1.54) is 30.5 Å². The number of anilines is 1. The minimum absolute atomic E-state index is 0.0198. The van der Waals surface area contributed by atoms with Crippen molar-refractivity contribution in [3.63, 3.8) is 0 Å². The number of nitriles is 1. The Labute approximate surface area is 109 Å². The fraction of sp³-hybridized carbons (Fsp3) is 0.643. The number of hydrogen-bond acceptors (Lipinski definition) is 4. The normalized spacial score (nSPS) is 16.3. The summed E-state index contributed by atoms with van der Waals surface area (Å²) in [6, 6.07) is 2.27. The first kappa shape index (κ1) is 12.8. The van der Waals surface area contributed by atoms with Crippen LogP contribution in [0, 0.1) is 17.2 Å². The third-order valence-electron chi connectivity index (χ3n) is 3.48. The topological polar surface area (TPSA) is 52.8 Å². The molecular formula is C14H20N4. The van der Waals surface area contributed by atoms with E-state index in [2.05, 4.69) is 20.9 Å². The molecule has 1 aromatic heterocycles. The Morgan fingerprint density at radius 2 is 2.11 bits per heavy atom. The summed E-state index contributed by atoms with van der Waals surface area (Å²) in [5.74, 6) is 1.04. The lowest BCUT2D eigenvalue weighted by molar-refractivity contribution is 0.699. The predicted octanol–water partition coefficient (Wildman–Crippen LogP) is 2.34. The molecule has 0 fully saturated rings. The molecule has 96 valence electrons.